The molecule has 2 nitrogen and oxygen atoms in total. The lowest BCUT2D eigenvalue weighted by Gasteiger charge is -2.19. The van der Waals surface area contributed by atoms with Gasteiger partial charge >= 0.3 is 6.18 Å². The summed E-state index contributed by atoms with van der Waals surface area (Å²) in [4.78, 5) is 0. The van der Waals surface area contributed by atoms with Gasteiger partial charge in [-0.1, -0.05) is 18.2 Å². The van der Waals surface area contributed by atoms with Crippen molar-refractivity contribution in [3.8, 4) is 0 Å². The molecule has 1 aromatic rings. The maximum atomic E-state index is 12.2. The molecule has 1 unspecified atom stereocenters. The molecule has 0 spiro atoms. The lowest BCUT2D eigenvalue weighted by molar-refractivity contribution is -0.203. The van der Waals surface area contributed by atoms with E-state index in [0.29, 0.717) is 25.2 Å². The molecule has 5 heteroatoms. The van der Waals surface area contributed by atoms with Crippen molar-refractivity contribution in [3.63, 3.8) is 0 Å². The zero-order valence-electron chi connectivity index (χ0n) is 9.13. The van der Waals surface area contributed by atoms with Gasteiger partial charge in [-0.3, -0.25) is 0 Å². The van der Waals surface area contributed by atoms with Gasteiger partial charge in [-0.2, -0.15) is 13.2 Å². The number of halogens is 3. The molecule has 1 aliphatic heterocycles. The molecule has 0 saturated carbocycles. The van der Waals surface area contributed by atoms with Crippen molar-refractivity contribution in [3.05, 3.63) is 34.9 Å². The predicted octanol–water partition coefficient (Wildman–Crippen LogP) is 2.23. The first-order valence-electron chi connectivity index (χ1n) is 5.40. The van der Waals surface area contributed by atoms with E-state index < -0.39 is 18.7 Å². The third-order valence-electron chi connectivity index (χ3n) is 2.85. The minimum Gasteiger partial charge on any atom is -0.383 e. The fraction of sp³-hybridized carbons (Fsp3) is 0.500. The number of hydrogen-bond acceptors (Lipinski definition) is 2. The second-order valence-corrected chi connectivity index (χ2v) is 4.17. The molecule has 0 amide bonds. The zero-order valence-corrected chi connectivity index (χ0v) is 9.13. The summed E-state index contributed by atoms with van der Waals surface area (Å²) in [6.07, 6.45) is -6.53. The maximum absolute atomic E-state index is 12.2. The van der Waals surface area contributed by atoms with Crippen LogP contribution in [0.5, 0.6) is 0 Å². The van der Waals surface area contributed by atoms with E-state index in [1.165, 1.54) is 0 Å². The Kier molecular flexibility index (Phi) is 3.40. The summed E-state index contributed by atoms with van der Waals surface area (Å²) in [6, 6.07) is 5.11. The lowest BCUT2D eigenvalue weighted by Crippen LogP contribution is -2.30. The molecule has 0 aliphatic carbocycles. The Morgan fingerprint density at radius 3 is 2.76 bits per heavy atom. The van der Waals surface area contributed by atoms with Gasteiger partial charge in [0.2, 0.25) is 0 Å². The van der Waals surface area contributed by atoms with Gasteiger partial charge in [0, 0.05) is 6.42 Å². The second kappa shape index (κ2) is 4.66. The molecular weight excluding hydrogens is 233 g/mol. The lowest BCUT2D eigenvalue weighted by atomic mass is 9.97. The highest BCUT2D eigenvalue weighted by Crippen LogP contribution is 2.25. The zero-order chi connectivity index (χ0) is 12.5. The van der Waals surface area contributed by atoms with Crippen molar-refractivity contribution in [2.45, 2.75) is 31.7 Å². The number of benzene rings is 1. The third-order valence-corrected chi connectivity index (χ3v) is 2.85. The van der Waals surface area contributed by atoms with Crippen LogP contribution in [-0.2, 0) is 24.2 Å². The van der Waals surface area contributed by atoms with Crippen LogP contribution in [0.25, 0.3) is 0 Å². The van der Waals surface area contributed by atoms with Gasteiger partial charge in [-0.15, -0.1) is 0 Å². The van der Waals surface area contributed by atoms with Crippen molar-refractivity contribution < 1.29 is 23.0 Å². The standard InChI is InChI=1S/C12H13F3O2/c13-12(14,15)11(16)6-8-1-2-10-7-17-4-3-9(10)5-8/h1-2,5,11,16H,3-4,6-7H2. The average Bonchev–Trinajstić information content (AvgIpc) is 2.27. The van der Waals surface area contributed by atoms with Gasteiger partial charge in [-0.05, 0) is 23.1 Å². The van der Waals surface area contributed by atoms with Gasteiger partial charge in [0.15, 0.2) is 6.10 Å². The van der Waals surface area contributed by atoms with Crippen LogP contribution in [0.3, 0.4) is 0 Å². The molecule has 0 saturated heterocycles. The van der Waals surface area contributed by atoms with E-state index >= 15 is 0 Å². The fourth-order valence-electron chi connectivity index (χ4n) is 1.88. The van der Waals surface area contributed by atoms with Gasteiger partial charge < -0.3 is 9.84 Å². The average molecular weight is 246 g/mol. The molecule has 0 fully saturated rings. The Hall–Kier alpha value is -1.07. The van der Waals surface area contributed by atoms with E-state index in [9.17, 15) is 13.2 Å². The number of rotatable bonds is 2. The number of hydrogen-bond donors (Lipinski definition) is 1. The Labute approximate surface area is 97.0 Å². The molecule has 0 radical (unpaired) electrons. The first-order chi connectivity index (χ1) is 7.97. The molecular formula is C12H13F3O2. The molecule has 1 aromatic carbocycles. The van der Waals surface area contributed by atoms with Crippen LogP contribution in [0.2, 0.25) is 0 Å². The molecule has 1 N–H and O–H groups in total. The maximum Gasteiger partial charge on any atom is 0.414 e. The van der Waals surface area contributed by atoms with Gasteiger partial charge in [-0.25, -0.2) is 0 Å². The molecule has 94 valence electrons. The third kappa shape index (κ3) is 2.98. The summed E-state index contributed by atoms with van der Waals surface area (Å²) in [5.74, 6) is 0. The largest absolute Gasteiger partial charge is 0.414 e. The van der Waals surface area contributed by atoms with E-state index in [0.717, 1.165) is 11.1 Å². The number of ether oxygens (including phenoxy) is 1. The van der Waals surface area contributed by atoms with Gasteiger partial charge in [0.05, 0.1) is 13.2 Å². The highest BCUT2D eigenvalue weighted by molar-refractivity contribution is 5.33. The quantitative estimate of drug-likeness (QED) is 0.867. The number of aliphatic hydroxyl groups is 1. The molecule has 1 atom stereocenters. The highest BCUT2D eigenvalue weighted by atomic mass is 19.4. The fourth-order valence-corrected chi connectivity index (χ4v) is 1.88. The minimum atomic E-state index is -4.56. The number of aliphatic hydroxyl groups excluding tert-OH is 1. The molecule has 0 bridgehead atoms. The van der Waals surface area contributed by atoms with Gasteiger partial charge in [0.25, 0.3) is 0 Å². The summed E-state index contributed by atoms with van der Waals surface area (Å²) in [5, 5.41) is 8.99. The molecule has 1 aliphatic rings. The van der Waals surface area contributed by atoms with Crippen molar-refractivity contribution in [2.24, 2.45) is 0 Å². The predicted molar refractivity (Wildman–Crippen MR) is 55.6 cm³/mol. The van der Waals surface area contributed by atoms with Crippen LogP contribution in [0, 0.1) is 0 Å². The normalized spacial score (nSPS) is 17.6. The smallest absolute Gasteiger partial charge is 0.383 e. The van der Waals surface area contributed by atoms with E-state index in [1.807, 2.05) is 0 Å². The van der Waals surface area contributed by atoms with E-state index in [4.69, 9.17) is 9.84 Å². The van der Waals surface area contributed by atoms with Crippen molar-refractivity contribution in [1.82, 2.24) is 0 Å². The molecule has 0 aromatic heterocycles. The minimum absolute atomic E-state index is 0.391. The summed E-state index contributed by atoms with van der Waals surface area (Å²) in [5.41, 5.74) is 2.54. The molecule has 2 rings (SSSR count). The summed E-state index contributed by atoms with van der Waals surface area (Å²) >= 11 is 0. The summed E-state index contributed by atoms with van der Waals surface area (Å²) < 4.78 is 41.9. The van der Waals surface area contributed by atoms with Crippen LogP contribution in [0.1, 0.15) is 16.7 Å². The van der Waals surface area contributed by atoms with E-state index in [2.05, 4.69) is 0 Å². The van der Waals surface area contributed by atoms with Crippen LogP contribution in [0.15, 0.2) is 18.2 Å². The van der Waals surface area contributed by atoms with Crippen LogP contribution in [-0.4, -0.2) is 24.0 Å². The number of alkyl halides is 3. The SMILES string of the molecule is OC(Cc1ccc2c(c1)CCOC2)C(F)(F)F. The molecule has 1 heterocycles. The van der Waals surface area contributed by atoms with Crippen LogP contribution in [0.4, 0.5) is 13.2 Å². The van der Waals surface area contributed by atoms with E-state index in [1.54, 1.807) is 18.2 Å². The molecule has 17 heavy (non-hydrogen) atoms. The van der Waals surface area contributed by atoms with Crippen LogP contribution >= 0.6 is 0 Å². The van der Waals surface area contributed by atoms with Crippen molar-refractivity contribution in [1.29, 1.82) is 0 Å². The van der Waals surface area contributed by atoms with Crippen molar-refractivity contribution in [2.75, 3.05) is 6.61 Å². The van der Waals surface area contributed by atoms with Crippen molar-refractivity contribution >= 4 is 0 Å². The summed E-state index contributed by atoms with van der Waals surface area (Å²) in [6.45, 7) is 1.11. The Balaban J connectivity index is 2.12. The monoisotopic (exact) mass is 246 g/mol. The van der Waals surface area contributed by atoms with Gasteiger partial charge in [0.1, 0.15) is 0 Å². The highest BCUT2D eigenvalue weighted by Gasteiger charge is 2.38. The first-order valence-corrected chi connectivity index (χ1v) is 5.40. The summed E-state index contributed by atoms with van der Waals surface area (Å²) in [7, 11) is 0. The Morgan fingerprint density at radius 2 is 2.06 bits per heavy atom. The topological polar surface area (TPSA) is 29.5 Å². The van der Waals surface area contributed by atoms with Crippen LogP contribution < -0.4 is 0 Å². The Morgan fingerprint density at radius 1 is 1.29 bits per heavy atom. The first kappa shape index (κ1) is 12.4. The second-order valence-electron chi connectivity index (χ2n) is 4.17. The van der Waals surface area contributed by atoms with E-state index in [-0.39, 0.29) is 0 Å². The number of fused-ring (bicyclic) bond motifs is 1. The Bertz CT molecular complexity index is 401.